The number of carbonyl (C=O) groups is 1. The normalized spacial score (nSPS) is 25.1. The van der Waals surface area contributed by atoms with E-state index in [1.54, 1.807) is 0 Å². The molecule has 1 amide bonds. The third-order valence-electron chi connectivity index (χ3n) is 5.69. The molecule has 2 saturated heterocycles. The van der Waals surface area contributed by atoms with Crippen molar-refractivity contribution in [1.82, 2.24) is 15.6 Å². The minimum absolute atomic E-state index is 0.0445. The van der Waals surface area contributed by atoms with Crippen LogP contribution in [-0.4, -0.2) is 23.0 Å². The van der Waals surface area contributed by atoms with Crippen LogP contribution >= 0.6 is 0 Å². The van der Waals surface area contributed by atoms with Crippen LogP contribution in [-0.2, 0) is 11.0 Å². The van der Waals surface area contributed by atoms with Crippen molar-refractivity contribution in [2.45, 2.75) is 50.4 Å². The van der Waals surface area contributed by atoms with E-state index in [-0.39, 0.29) is 11.9 Å². The smallest absolute Gasteiger partial charge is 0.354 e. The lowest BCUT2D eigenvalue weighted by atomic mass is 9.88. The van der Waals surface area contributed by atoms with Gasteiger partial charge in [0.2, 0.25) is 5.91 Å². The molecule has 0 saturated carbocycles. The van der Waals surface area contributed by atoms with Crippen LogP contribution in [0.25, 0.3) is 11.1 Å². The lowest BCUT2D eigenvalue weighted by molar-refractivity contribution is -0.137. The average molecular weight is 389 g/mol. The Morgan fingerprint density at radius 2 is 1.86 bits per heavy atom. The summed E-state index contributed by atoms with van der Waals surface area (Å²) in [7, 11) is 0. The van der Waals surface area contributed by atoms with E-state index in [1.807, 2.05) is 19.1 Å². The number of benzene rings is 1. The van der Waals surface area contributed by atoms with Gasteiger partial charge in [-0.1, -0.05) is 12.1 Å². The summed E-state index contributed by atoms with van der Waals surface area (Å²) in [4.78, 5) is 17.0. The standard InChI is InChI=1S/C21H22F3N3O/c1-13-11-15(14-3-5-16(6-4-14)21(22,23)24)12-18(26-13)17-7-9-20(27-17)8-2-10-25-19(20)28/h3-6,11-12,17,27H,2,7-10H2,1H3,(H,25,28)/t17-,20-/m0/s1. The number of nitrogens with zero attached hydrogens (tertiary/aromatic N) is 1. The summed E-state index contributed by atoms with van der Waals surface area (Å²) in [6.07, 6.45) is -1.03. The largest absolute Gasteiger partial charge is 0.416 e. The maximum Gasteiger partial charge on any atom is 0.416 e. The molecular weight excluding hydrogens is 367 g/mol. The quantitative estimate of drug-likeness (QED) is 0.811. The molecule has 0 aliphatic carbocycles. The lowest BCUT2D eigenvalue weighted by Gasteiger charge is -2.33. The molecule has 7 heteroatoms. The van der Waals surface area contributed by atoms with Gasteiger partial charge in [0, 0.05) is 12.2 Å². The number of alkyl halides is 3. The van der Waals surface area contributed by atoms with Crippen molar-refractivity contribution in [3.05, 3.63) is 53.3 Å². The number of carbonyl (C=O) groups excluding carboxylic acids is 1. The fourth-order valence-electron chi connectivity index (χ4n) is 4.23. The monoisotopic (exact) mass is 389 g/mol. The number of rotatable bonds is 2. The summed E-state index contributed by atoms with van der Waals surface area (Å²) in [5.41, 5.74) is 1.97. The van der Waals surface area contributed by atoms with Crippen LogP contribution in [0.1, 0.15) is 48.7 Å². The van der Waals surface area contributed by atoms with E-state index in [1.165, 1.54) is 12.1 Å². The van der Waals surface area contributed by atoms with Crippen molar-refractivity contribution in [2.24, 2.45) is 0 Å². The van der Waals surface area contributed by atoms with Gasteiger partial charge in [-0.15, -0.1) is 0 Å². The van der Waals surface area contributed by atoms with Crippen LogP contribution in [0, 0.1) is 6.92 Å². The topological polar surface area (TPSA) is 54.0 Å². The minimum Gasteiger partial charge on any atom is -0.354 e. The number of piperidine rings is 1. The average Bonchev–Trinajstić information content (AvgIpc) is 3.08. The molecule has 4 nitrogen and oxygen atoms in total. The van der Waals surface area contributed by atoms with Gasteiger partial charge in [-0.05, 0) is 68.0 Å². The summed E-state index contributed by atoms with van der Waals surface area (Å²) < 4.78 is 38.4. The maximum atomic E-state index is 12.8. The van der Waals surface area contributed by atoms with E-state index in [4.69, 9.17) is 0 Å². The van der Waals surface area contributed by atoms with Gasteiger partial charge in [0.15, 0.2) is 0 Å². The van der Waals surface area contributed by atoms with E-state index in [0.717, 1.165) is 54.8 Å². The van der Waals surface area contributed by atoms with Crippen molar-refractivity contribution in [1.29, 1.82) is 0 Å². The van der Waals surface area contributed by atoms with Gasteiger partial charge >= 0.3 is 6.18 Å². The summed E-state index contributed by atoms with van der Waals surface area (Å²) in [6.45, 7) is 2.59. The van der Waals surface area contributed by atoms with Gasteiger partial charge in [-0.3, -0.25) is 15.1 Å². The first-order valence-electron chi connectivity index (χ1n) is 9.49. The minimum atomic E-state index is -4.35. The summed E-state index contributed by atoms with van der Waals surface area (Å²) in [6, 6.07) is 8.90. The van der Waals surface area contributed by atoms with Gasteiger partial charge in [0.25, 0.3) is 0 Å². The summed E-state index contributed by atoms with van der Waals surface area (Å²) in [5.74, 6) is 0.0527. The zero-order chi connectivity index (χ0) is 19.9. The lowest BCUT2D eigenvalue weighted by Crippen LogP contribution is -2.57. The molecule has 2 aliphatic rings. The first-order valence-corrected chi connectivity index (χ1v) is 9.49. The fourth-order valence-corrected chi connectivity index (χ4v) is 4.23. The Bertz CT molecular complexity index is 895. The first-order chi connectivity index (χ1) is 13.3. The van der Waals surface area contributed by atoms with Gasteiger partial charge in [0.1, 0.15) is 0 Å². The Hall–Kier alpha value is -2.41. The molecule has 2 atom stereocenters. The molecule has 3 heterocycles. The Morgan fingerprint density at radius 1 is 1.11 bits per heavy atom. The van der Waals surface area contributed by atoms with Gasteiger partial charge in [-0.2, -0.15) is 13.2 Å². The Labute approximate surface area is 161 Å². The zero-order valence-corrected chi connectivity index (χ0v) is 15.6. The number of hydrogen-bond donors (Lipinski definition) is 2. The van der Waals surface area contributed by atoms with Crippen LogP contribution in [0.15, 0.2) is 36.4 Å². The first kappa shape index (κ1) is 18.9. The molecule has 2 aliphatic heterocycles. The number of halogens is 3. The third kappa shape index (κ3) is 3.51. The van der Waals surface area contributed by atoms with Crippen LogP contribution in [0.5, 0.6) is 0 Å². The predicted molar refractivity (Wildman–Crippen MR) is 99.5 cm³/mol. The number of nitrogens with one attached hydrogen (secondary N) is 2. The summed E-state index contributed by atoms with van der Waals surface area (Å²) in [5, 5.41) is 6.42. The second kappa shape index (κ2) is 6.88. The SMILES string of the molecule is Cc1cc(-c2ccc(C(F)(F)F)cc2)cc([C@@H]2CC[C@]3(CCCNC3=O)N2)n1. The van der Waals surface area contributed by atoms with E-state index < -0.39 is 17.3 Å². The molecule has 1 aromatic heterocycles. The Morgan fingerprint density at radius 3 is 2.54 bits per heavy atom. The highest BCUT2D eigenvalue weighted by Gasteiger charge is 2.46. The van der Waals surface area contributed by atoms with Crippen molar-refractivity contribution >= 4 is 5.91 Å². The molecule has 28 heavy (non-hydrogen) atoms. The highest BCUT2D eigenvalue weighted by molar-refractivity contribution is 5.87. The van der Waals surface area contributed by atoms with Gasteiger partial charge < -0.3 is 5.32 Å². The second-order valence-corrected chi connectivity index (χ2v) is 7.67. The molecule has 1 spiro atoms. The van der Waals surface area contributed by atoms with Crippen molar-refractivity contribution in [3.8, 4) is 11.1 Å². The van der Waals surface area contributed by atoms with E-state index >= 15 is 0 Å². The number of aromatic nitrogens is 1. The van der Waals surface area contributed by atoms with Crippen molar-refractivity contribution in [3.63, 3.8) is 0 Å². The van der Waals surface area contributed by atoms with Crippen LogP contribution < -0.4 is 10.6 Å². The third-order valence-corrected chi connectivity index (χ3v) is 5.69. The number of amides is 1. The molecule has 2 fully saturated rings. The highest BCUT2D eigenvalue weighted by atomic mass is 19.4. The molecule has 0 radical (unpaired) electrons. The Kier molecular flexibility index (Phi) is 4.65. The van der Waals surface area contributed by atoms with Gasteiger partial charge in [0.05, 0.1) is 22.8 Å². The fraction of sp³-hybridized carbons (Fsp3) is 0.429. The van der Waals surface area contributed by atoms with Crippen molar-refractivity contribution in [2.75, 3.05) is 6.54 Å². The van der Waals surface area contributed by atoms with E-state index in [2.05, 4.69) is 15.6 Å². The van der Waals surface area contributed by atoms with E-state index in [9.17, 15) is 18.0 Å². The maximum absolute atomic E-state index is 12.8. The molecule has 0 unspecified atom stereocenters. The summed E-state index contributed by atoms with van der Waals surface area (Å²) >= 11 is 0. The van der Waals surface area contributed by atoms with Crippen molar-refractivity contribution < 1.29 is 18.0 Å². The zero-order valence-electron chi connectivity index (χ0n) is 15.6. The van der Waals surface area contributed by atoms with E-state index in [0.29, 0.717) is 12.1 Å². The number of pyridine rings is 1. The molecule has 1 aromatic carbocycles. The van der Waals surface area contributed by atoms with Gasteiger partial charge in [-0.25, -0.2) is 0 Å². The molecule has 4 rings (SSSR count). The van der Waals surface area contributed by atoms with Crippen LogP contribution in [0.3, 0.4) is 0 Å². The molecular formula is C21H22F3N3O. The predicted octanol–water partition coefficient (Wildman–Crippen LogP) is 4.15. The number of aryl methyl sites for hydroxylation is 1. The second-order valence-electron chi connectivity index (χ2n) is 7.67. The number of hydrogen-bond acceptors (Lipinski definition) is 3. The molecule has 2 N–H and O–H groups in total. The molecule has 2 aromatic rings. The van der Waals surface area contributed by atoms with Crippen LogP contribution in [0.2, 0.25) is 0 Å². The Balaban J connectivity index is 1.60. The molecule has 0 bridgehead atoms. The van der Waals surface area contributed by atoms with Crippen LogP contribution in [0.4, 0.5) is 13.2 Å². The highest BCUT2D eigenvalue weighted by Crippen LogP contribution is 2.38. The molecule has 148 valence electrons.